The van der Waals surface area contributed by atoms with Crippen LogP contribution < -0.4 is 0 Å². The van der Waals surface area contributed by atoms with E-state index in [0.717, 1.165) is 0 Å². The van der Waals surface area contributed by atoms with E-state index < -0.39 is 0 Å². The second-order valence-corrected chi connectivity index (χ2v) is 4.02. The Morgan fingerprint density at radius 3 is 2.35 bits per heavy atom. The number of hydrogen-bond donors (Lipinski definition) is 0. The molecule has 0 radical (unpaired) electrons. The third-order valence-corrected chi connectivity index (χ3v) is 2.68. The molecule has 2 aromatic heterocycles. The van der Waals surface area contributed by atoms with E-state index >= 15 is 0 Å². The molecule has 0 saturated heterocycles. The molecule has 100 valence electrons. The summed E-state index contributed by atoms with van der Waals surface area (Å²) in [5.41, 5.74) is 1.11. The lowest BCUT2D eigenvalue weighted by atomic mass is 10.2. The minimum Gasteiger partial charge on any atom is -0.307 e. The van der Waals surface area contributed by atoms with Crippen molar-refractivity contribution in [2.45, 2.75) is 0 Å². The van der Waals surface area contributed by atoms with E-state index in [1.54, 1.807) is 42.6 Å². The topological polar surface area (TPSA) is 63.2 Å². The number of aromatic nitrogens is 2. The lowest BCUT2D eigenvalue weighted by molar-refractivity contribution is -0.105. The van der Waals surface area contributed by atoms with Gasteiger partial charge in [0.05, 0.1) is 11.4 Å². The average molecular weight is 267 g/mol. The van der Waals surface area contributed by atoms with Gasteiger partial charge in [-0.2, -0.15) is 0 Å². The highest BCUT2D eigenvalue weighted by Crippen LogP contribution is 2.09. The number of carbonyl (C=O) groups is 2. The zero-order valence-corrected chi connectivity index (χ0v) is 10.9. The van der Waals surface area contributed by atoms with Gasteiger partial charge in [0.1, 0.15) is 5.69 Å². The Balaban J connectivity index is 2.26. The van der Waals surface area contributed by atoms with Crippen molar-refractivity contribution in [2.75, 3.05) is 7.05 Å². The number of carbonyl (C=O) groups excluding carboxylic acids is 2. The number of allylic oxidation sites excluding steroid dienone is 1. The van der Waals surface area contributed by atoms with Crippen molar-refractivity contribution in [3.8, 4) is 0 Å². The fraction of sp³-hybridized carbons (Fsp3) is 0.0667. The number of amides is 1. The summed E-state index contributed by atoms with van der Waals surface area (Å²) in [4.78, 5) is 32.7. The normalized spacial score (nSPS) is 10.9. The quantitative estimate of drug-likeness (QED) is 0.626. The Bertz CT molecular complexity index is 624. The molecular formula is C15H13N3O2. The molecule has 0 aromatic carbocycles. The summed E-state index contributed by atoms with van der Waals surface area (Å²) in [5, 5.41) is 0. The monoisotopic (exact) mass is 267 g/mol. The third kappa shape index (κ3) is 3.14. The minimum absolute atomic E-state index is 0.222. The van der Waals surface area contributed by atoms with Crippen LogP contribution in [0.5, 0.6) is 0 Å². The second kappa shape index (κ2) is 6.38. The van der Waals surface area contributed by atoms with Crippen LogP contribution in [0.15, 0.2) is 54.5 Å². The fourth-order valence-electron chi connectivity index (χ4n) is 1.60. The number of pyridine rings is 2. The highest BCUT2D eigenvalue weighted by Gasteiger charge is 2.16. The predicted molar refractivity (Wildman–Crippen MR) is 74.6 cm³/mol. The highest BCUT2D eigenvalue weighted by molar-refractivity contribution is 5.98. The Kier molecular flexibility index (Phi) is 4.34. The zero-order valence-electron chi connectivity index (χ0n) is 10.9. The first-order valence-corrected chi connectivity index (χ1v) is 5.99. The number of nitrogens with zero attached hydrogens (tertiary/aromatic N) is 3. The van der Waals surface area contributed by atoms with E-state index in [2.05, 4.69) is 9.97 Å². The molecule has 5 heteroatoms. The summed E-state index contributed by atoms with van der Waals surface area (Å²) < 4.78 is 0. The van der Waals surface area contributed by atoms with E-state index in [0.29, 0.717) is 12.0 Å². The van der Waals surface area contributed by atoms with Crippen LogP contribution in [0.3, 0.4) is 0 Å². The molecule has 0 aliphatic carbocycles. The molecule has 0 fully saturated rings. The van der Waals surface area contributed by atoms with Crippen LogP contribution >= 0.6 is 0 Å². The molecule has 0 saturated carbocycles. The van der Waals surface area contributed by atoms with Gasteiger partial charge in [-0.05, 0) is 30.3 Å². The van der Waals surface area contributed by atoms with Crippen molar-refractivity contribution in [1.82, 2.24) is 14.9 Å². The van der Waals surface area contributed by atoms with Gasteiger partial charge in [0.25, 0.3) is 5.91 Å². The molecular weight excluding hydrogens is 254 g/mol. The van der Waals surface area contributed by atoms with E-state index in [1.165, 1.54) is 18.1 Å². The first-order chi connectivity index (χ1) is 9.72. The van der Waals surface area contributed by atoms with Gasteiger partial charge in [0, 0.05) is 19.4 Å². The number of aldehydes is 1. The van der Waals surface area contributed by atoms with Crippen LogP contribution in [0.1, 0.15) is 16.2 Å². The largest absolute Gasteiger partial charge is 0.307 e. The minimum atomic E-state index is -0.347. The van der Waals surface area contributed by atoms with Crippen LogP contribution in [0.4, 0.5) is 0 Å². The van der Waals surface area contributed by atoms with Gasteiger partial charge in [-0.25, -0.2) is 0 Å². The molecule has 0 bridgehead atoms. The van der Waals surface area contributed by atoms with Crippen molar-refractivity contribution >= 4 is 18.3 Å². The summed E-state index contributed by atoms with van der Waals surface area (Å²) in [6.45, 7) is 0. The third-order valence-electron chi connectivity index (χ3n) is 2.68. The maximum atomic E-state index is 12.2. The molecule has 2 aromatic rings. The first kappa shape index (κ1) is 13.6. The van der Waals surface area contributed by atoms with Gasteiger partial charge in [-0.1, -0.05) is 12.1 Å². The summed E-state index contributed by atoms with van der Waals surface area (Å²) in [6, 6.07) is 10.4. The van der Waals surface area contributed by atoms with Gasteiger partial charge in [0.2, 0.25) is 0 Å². The first-order valence-electron chi connectivity index (χ1n) is 5.99. The maximum Gasteiger partial charge on any atom is 0.276 e. The highest BCUT2D eigenvalue weighted by atomic mass is 16.2. The second-order valence-electron chi connectivity index (χ2n) is 4.02. The van der Waals surface area contributed by atoms with Crippen LogP contribution in [0, 0.1) is 0 Å². The molecule has 0 atom stereocenters. The van der Waals surface area contributed by atoms with Crippen LogP contribution in [-0.4, -0.2) is 34.1 Å². The van der Waals surface area contributed by atoms with Gasteiger partial charge < -0.3 is 4.90 Å². The molecule has 1 amide bonds. The fourth-order valence-corrected chi connectivity index (χ4v) is 1.60. The molecule has 2 rings (SSSR count). The number of hydrogen-bond acceptors (Lipinski definition) is 4. The van der Waals surface area contributed by atoms with Gasteiger partial charge in [0.15, 0.2) is 6.29 Å². The zero-order chi connectivity index (χ0) is 14.4. The van der Waals surface area contributed by atoms with E-state index in [4.69, 9.17) is 0 Å². The van der Waals surface area contributed by atoms with Gasteiger partial charge >= 0.3 is 0 Å². The summed E-state index contributed by atoms with van der Waals surface area (Å²) in [5.74, 6) is -0.347. The molecule has 0 N–H and O–H groups in total. The van der Waals surface area contributed by atoms with Crippen molar-refractivity contribution < 1.29 is 9.59 Å². The Labute approximate surface area is 116 Å². The van der Waals surface area contributed by atoms with Crippen molar-refractivity contribution in [3.63, 3.8) is 0 Å². The maximum absolute atomic E-state index is 12.2. The van der Waals surface area contributed by atoms with Crippen molar-refractivity contribution in [1.29, 1.82) is 0 Å². The van der Waals surface area contributed by atoms with E-state index in [1.807, 2.05) is 6.07 Å². The number of likely N-dealkylation sites (N-methyl/N-ethyl adjacent to an activating group) is 1. The molecule has 0 unspecified atom stereocenters. The standard InChI is InChI=1S/C15H13N3O2/c1-18(15(20)14-7-3-5-9-17-14)13(11-19)10-12-6-2-4-8-16-12/h2-11H,1H3. The number of rotatable bonds is 4. The van der Waals surface area contributed by atoms with Gasteiger partial charge in [-0.15, -0.1) is 0 Å². The SMILES string of the molecule is CN(C(=O)c1ccccn1)C(C=O)=Cc1ccccn1. The molecule has 0 aliphatic rings. The van der Waals surface area contributed by atoms with E-state index in [9.17, 15) is 9.59 Å². The predicted octanol–water partition coefficient (Wildman–Crippen LogP) is 1.79. The smallest absolute Gasteiger partial charge is 0.276 e. The van der Waals surface area contributed by atoms with Crippen LogP contribution in [-0.2, 0) is 4.79 Å². The average Bonchev–Trinajstić information content (AvgIpc) is 2.53. The molecule has 0 aliphatic heterocycles. The summed E-state index contributed by atoms with van der Waals surface area (Å²) in [6.07, 6.45) is 5.32. The summed E-state index contributed by atoms with van der Waals surface area (Å²) >= 11 is 0. The Morgan fingerprint density at radius 2 is 1.80 bits per heavy atom. The molecule has 20 heavy (non-hydrogen) atoms. The summed E-state index contributed by atoms with van der Waals surface area (Å²) in [7, 11) is 1.53. The van der Waals surface area contributed by atoms with E-state index in [-0.39, 0.29) is 17.3 Å². The lowest BCUT2D eigenvalue weighted by Crippen LogP contribution is -2.27. The molecule has 0 spiro atoms. The lowest BCUT2D eigenvalue weighted by Gasteiger charge is -2.16. The molecule has 2 heterocycles. The van der Waals surface area contributed by atoms with Crippen LogP contribution in [0.2, 0.25) is 0 Å². The van der Waals surface area contributed by atoms with Gasteiger partial charge in [-0.3, -0.25) is 19.6 Å². The van der Waals surface area contributed by atoms with Crippen molar-refractivity contribution in [3.05, 3.63) is 65.9 Å². The Hall–Kier alpha value is -2.82. The van der Waals surface area contributed by atoms with Crippen molar-refractivity contribution in [2.24, 2.45) is 0 Å². The van der Waals surface area contributed by atoms with Crippen LogP contribution in [0.25, 0.3) is 6.08 Å². The molecule has 5 nitrogen and oxygen atoms in total. The Morgan fingerprint density at radius 1 is 1.10 bits per heavy atom.